The van der Waals surface area contributed by atoms with Crippen LogP contribution in [0.3, 0.4) is 0 Å². The molecule has 0 spiro atoms. The second-order valence-electron chi connectivity index (χ2n) is 7.03. The summed E-state index contributed by atoms with van der Waals surface area (Å²) in [4.78, 5) is 6.72. The lowest BCUT2D eigenvalue weighted by Gasteiger charge is -2.35. The zero-order valence-electron chi connectivity index (χ0n) is 16.6. The average molecular weight is 391 g/mol. The Bertz CT molecular complexity index is 657. The molecule has 0 radical (unpaired) electrons. The first-order valence-electron chi connectivity index (χ1n) is 10.0. The highest BCUT2D eigenvalue weighted by atomic mass is 19.1. The highest BCUT2D eigenvalue weighted by Gasteiger charge is 2.23. The predicted octanol–water partition coefficient (Wildman–Crippen LogP) is 2.10. The van der Waals surface area contributed by atoms with Crippen LogP contribution in [0.2, 0.25) is 0 Å². The van der Waals surface area contributed by atoms with E-state index < -0.39 is 0 Å². The Labute approximate surface area is 166 Å². The minimum absolute atomic E-state index is 0.140. The van der Waals surface area contributed by atoms with Crippen molar-refractivity contribution >= 4 is 5.96 Å². The Morgan fingerprint density at radius 1 is 1.14 bits per heavy atom. The number of hydrogen-bond donors (Lipinski definition) is 2. The molecule has 7 heteroatoms. The fraction of sp³-hybridized carbons (Fsp3) is 0.571. The molecule has 1 saturated heterocycles. The smallest absolute Gasteiger partial charge is 0.191 e. The van der Waals surface area contributed by atoms with E-state index in [-0.39, 0.29) is 11.9 Å². The van der Waals surface area contributed by atoms with Crippen molar-refractivity contribution in [2.45, 2.75) is 18.9 Å². The van der Waals surface area contributed by atoms with Gasteiger partial charge in [-0.05, 0) is 30.5 Å². The molecule has 0 amide bonds. The van der Waals surface area contributed by atoms with E-state index in [1.807, 2.05) is 12.1 Å². The van der Waals surface area contributed by atoms with Crippen LogP contribution in [0.1, 0.15) is 24.4 Å². The third-order valence-electron chi connectivity index (χ3n) is 5.22. The molecule has 2 heterocycles. The van der Waals surface area contributed by atoms with Gasteiger partial charge in [0.2, 0.25) is 0 Å². The molecule has 2 aliphatic rings. The van der Waals surface area contributed by atoms with Crippen LogP contribution in [0.25, 0.3) is 0 Å². The fourth-order valence-electron chi connectivity index (χ4n) is 3.58. The van der Waals surface area contributed by atoms with Crippen LogP contribution >= 0.6 is 0 Å². The monoisotopic (exact) mass is 390 g/mol. The molecule has 0 bridgehead atoms. The topological polar surface area (TPSA) is 58.1 Å². The lowest BCUT2D eigenvalue weighted by molar-refractivity contribution is 0.0170. The van der Waals surface area contributed by atoms with E-state index in [1.165, 1.54) is 17.7 Å². The Hall–Kier alpha value is -1.96. The minimum Gasteiger partial charge on any atom is -0.379 e. The summed E-state index contributed by atoms with van der Waals surface area (Å²) in [7, 11) is 1.78. The van der Waals surface area contributed by atoms with E-state index in [0.717, 1.165) is 70.4 Å². The first kappa shape index (κ1) is 20.8. The van der Waals surface area contributed by atoms with Gasteiger partial charge in [0, 0.05) is 33.2 Å². The third kappa shape index (κ3) is 6.29. The van der Waals surface area contributed by atoms with Crippen LogP contribution in [0.5, 0.6) is 0 Å². The number of ether oxygens (including phenoxy) is 2. The molecule has 2 N–H and O–H groups in total. The van der Waals surface area contributed by atoms with Gasteiger partial charge in [-0.15, -0.1) is 0 Å². The number of morpholine rings is 1. The van der Waals surface area contributed by atoms with Gasteiger partial charge in [0.1, 0.15) is 5.82 Å². The van der Waals surface area contributed by atoms with Crippen molar-refractivity contribution in [1.29, 1.82) is 0 Å². The molecular formula is C21H31FN4O2. The number of aliphatic imine (C=N–C) groups is 1. The molecule has 2 aliphatic heterocycles. The second-order valence-corrected chi connectivity index (χ2v) is 7.03. The van der Waals surface area contributed by atoms with Gasteiger partial charge in [0.15, 0.2) is 5.96 Å². The number of halogens is 1. The van der Waals surface area contributed by atoms with Gasteiger partial charge in [-0.25, -0.2) is 4.39 Å². The summed E-state index contributed by atoms with van der Waals surface area (Å²) in [6, 6.07) is 6.92. The van der Waals surface area contributed by atoms with Crippen molar-refractivity contribution in [2.75, 3.05) is 59.7 Å². The molecule has 154 valence electrons. The summed E-state index contributed by atoms with van der Waals surface area (Å²) in [6.07, 6.45) is 4.18. The number of hydrogen-bond acceptors (Lipinski definition) is 4. The number of rotatable bonds is 7. The maximum atomic E-state index is 13.4. The normalized spacial score (nSPS) is 19.8. The van der Waals surface area contributed by atoms with Crippen LogP contribution in [0.15, 0.2) is 40.9 Å². The minimum atomic E-state index is -0.211. The van der Waals surface area contributed by atoms with Gasteiger partial charge >= 0.3 is 0 Å². The molecule has 0 saturated carbocycles. The highest BCUT2D eigenvalue weighted by molar-refractivity contribution is 5.79. The van der Waals surface area contributed by atoms with Crippen molar-refractivity contribution in [3.63, 3.8) is 0 Å². The fourth-order valence-corrected chi connectivity index (χ4v) is 3.58. The van der Waals surface area contributed by atoms with Gasteiger partial charge in [-0.3, -0.25) is 9.89 Å². The lowest BCUT2D eigenvalue weighted by Crippen LogP contribution is -2.46. The van der Waals surface area contributed by atoms with Gasteiger partial charge in [0.05, 0.1) is 32.5 Å². The molecule has 1 aromatic rings. The number of benzene rings is 1. The van der Waals surface area contributed by atoms with E-state index in [0.29, 0.717) is 6.54 Å². The molecule has 1 atom stereocenters. The summed E-state index contributed by atoms with van der Waals surface area (Å²) in [6.45, 7) is 6.26. The Kier molecular flexibility index (Phi) is 8.26. The van der Waals surface area contributed by atoms with E-state index in [4.69, 9.17) is 9.47 Å². The predicted molar refractivity (Wildman–Crippen MR) is 109 cm³/mol. The molecule has 0 aliphatic carbocycles. The van der Waals surface area contributed by atoms with E-state index in [9.17, 15) is 4.39 Å². The van der Waals surface area contributed by atoms with Gasteiger partial charge in [0.25, 0.3) is 0 Å². The van der Waals surface area contributed by atoms with Gasteiger partial charge in [-0.1, -0.05) is 23.8 Å². The van der Waals surface area contributed by atoms with Crippen LogP contribution < -0.4 is 10.6 Å². The van der Waals surface area contributed by atoms with Crippen LogP contribution in [-0.4, -0.2) is 70.5 Å². The van der Waals surface area contributed by atoms with E-state index in [2.05, 4.69) is 26.6 Å². The maximum Gasteiger partial charge on any atom is 0.191 e. The summed E-state index contributed by atoms with van der Waals surface area (Å²) in [5.74, 6) is 0.574. The second kappa shape index (κ2) is 11.1. The summed E-state index contributed by atoms with van der Waals surface area (Å²) in [5, 5.41) is 6.83. The van der Waals surface area contributed by atoms with Crippen molar-refractivity contribution in [3.8, 4) is 0 Å². The van der Waals surface area contributed by atoms with Crippen molar-refractivity contribution < 1.29 is 13.9 Å². The van der Waals surface area contributed by atoms with Crippen LogP contribution in [0, 0.1) is 5.82 Å². The third-order valence-corrected chi connectivity index (χ3v) is 5.22. The zero-order valence-corrected chi connectivity index (χ0v) is 16.6. The molecule has 6 nitrogen and oxygen atoms in total. The first-order valence-corrected chi connectivity index (χ1v) is 10.0. The summed E-state index contributed by atoms with van der Waals surface area (Å²) in [5.41, 5.74) is 2.53. The number of nitrogens with zero attached hydrogens (tertiary/aromatic N) is 2. The zero-order chi connectivity index (χ0) is 19.6. The molecule has 1 fully saturated rings. The number of guanidine groups is 1. The molecule has 0 aromatic heterocycles. The Morgan fingerprint density at radius 3 is 2.61 bits per heavy atom. The highest BCUT2D eigenvalue weighted by Crippen LogP contribution is 2.21. The SMILES string of the molecule is CN=C(NCCC1=CCOCC1)NCC(c1ccc(F)cc1)N1CCOCC1. The largest absolute Gasteiger partial charge is 0.379 e. The van der Waals surface area contributed by atoms with Crippen molar-refractivity contribution in [2.24, 2.45) is 4.99 Å². The van der Waals surface area contributed by atoms with Crippen molar-refractivity contribution in [3.05, 3.63) is 47.3 Å². The van der Waals surface area contributed by atoms with Gasteiger partial charge < -0.3 is 20.1 Å². The Morgan fingerprint density at radius 2 is 1.93 bits per heavy atom. The van der Waals surface area contributed by atoms with Crippen molar-refractivity contribution in [1.82, 2.24) is 15.5 Å². The Balaban J connectivity index is 1.54. The standard InChI is InChI=1S/C21H31FN4O2/c1-23-21(24-9-6-17-7-12-27-13-8-17)25-16-20(26-10-14-28-15-11-26)18-2-4-19(22)5-3-18/h2-5,7,20H,6,8-16H2,1H3,(H2,23,24,25). The maximum absolute atomic E-state index is 13.4. The summed E-state index contributed by atoms with van der Waals surface area (Å²) < 4.78 is 24.2. The molecule has 28 heavy (non-hydrogen) atoms. The quantitative estimate of drug-likeness (QED) is 0.424. The summed E-state index contributed by atoms with van der Waals surface area (Å²) >= 11 is 0. The molecule has 3 rings (SSSR count). The van der Waals surface area contributed by atoms with E-state index >= 15 is 0 Å². The molecule has 1 unspecified atom stereocenters. The van der Waals surface area contributed by atoms with E-state index in [1.54, 1.807) is 7.05 Å². The lowest BCUT2D eigenvalue weighted by atomic mass is 10.0. The molecular weight excluding hydrogens is 359 g/mol. The number of nitrogens with one attached hydrogen (secondary N) is 2. The van der Waals surface area contributed by atoms with Gasteiger partial charge in [-0.2, -0.15) is 0 Å². The first-order chi connectivity index (χ1) is 13.8. The van der Waals surface area contributed by atoms with Crippen LogP contribution in [0.4, 0.5) is 4.39 Å². The van der Waals surface area contributed by atoms with Crippen LogP contribution in [-0.2, 0) is 9.47 Å². The average Bonchev–Trinajstić information content (AvgIpc) is 2.75. The molecule has 1 aromatic carbocycles.